The van der Waals surface area contributed by atoms with Crippen molar-refractivity contribution < 1.29 is 27.5 Å². The number of para-hydroxylation sites is 2. The molecule has 3 aromatic carbocycles. The summed E-state index contributed by atoms with van der Waals surface area (Å²) in [7, 11) is -1.41. The Balaban J connectivity index is 2.13. The molecule has 0 spiro atoms. The van der Waals surface area contributed by atoms with Crippen molar-refractivity contribution in [3.63, 3.8) is 0 Å². The van der Waals surface area contributed by atoms with Gasteiger partial charge in [0.1, 0.15) is 24.1 Å². The molecule has 1 unspecified atom stereocenters. The minimum atomic E-state index is -4.30. The Hall–Kier alpha value is -3.47. The van der Waals surface area contributed by atoms with Crippen LogP contribution in [0, 0.1) is 0 Å². The Kier molecular flexibility index (Phi) is 11.9. The number of amides is 2. The third-order valence-corrected chi connectivity index (χ3v) is 9.09. The molecule has 0 aliphatic heterocycles. The lowest BCUT2D eigenvalue weighted by Crippen LogP contribution is -2.52. The number of halogens is 2. The summed E-state index contributed by atoms with van der Waals surface area (Å²) in [5, 5.41) is 3.47. The first-order valence-electron chi connectivity index (χ1n) is 13.4. The van der Waals surface area contributed by atoms with Crippen molar-refractivity contribution in [3.8, 4) is 11.5 Å². The van der Waals surface area contributed by atoms with Crippen LogP contribution in [0.15, 0.2) is 71.6 Å². The molecule has 12 heteroatoms. The standard InChI is InChI=1S/C30H35Cl2N3O6S/c1-5-18-33-30(37)26(6-2)34(19-23-24(31)10-9-11-25(23)32)29(36)20-35(27-12-7-8-13-28(27)41-4)42(38,39)22-16-14-21(40-3)15-17-22/h7-17,26H,5-6,18-20H2,1-4H3,(H,33,37). The maximum absolute atomic E-state index is 14.2. The lowest BCUT2D eigenvalue weighted by Gasteiger charge is -2.33. The Morgan fingerprint density at radius 3 is 2.12 bits per heavy atom. The van der Waals surface area contributed by atoms with Crippen molar-refractivity contribution in [2.24, 2.45) is 0 Å². The fourth-order valence-electron chi connectivity index (χ4n) is 4.36. The highest BCUT2D eigenvalue weighted by atomic mass is 35.5. The van der Waals surface area contributed by atoms with E-state index in [1.165, 1.54) is 43.4 Å². The summed E-state index contributed by atoms with van der Waals surface area (Å²) in [6, 6.07) is 16.4. The molecule has 1 N–H and O–H groups in total. The van der Waals surface area contributed by atoms with Crippen molar-refractivity contribution in [1.29, 1.82) is 0 Å². The van der Waals surface area contributed by atoms with E-state index in [-0.39, 0.29) is 35.2 Å². The number of ether oxygens (including phenoxy) is 2. The second-order valence-corrected chi connectivity index (χ2v) is 12.0. The summed E-state index contributed by atoms with van der Waals surface area (Å²) < 4.78 is 39.8. The Bertz CT molecular complexity index is 1460. The molecule has 3 rings (SSSR count). The summed E-state index contributed by atoms with van der Waals surface area (Å²) in [6.45, 7) is 3.37. The maximum atomic E-state index is 14.2. The van der Waals surface area contributed by atoms with Crippen LogP contribution < -0.4 is 19.1 Å². The van der Waals surface area contributed by atoms with Gasteiger partial charge < -0.3 is 19.7 Å². The maximum Gasteiger partial charge on any atom is 0.264 e. The first-order valence-corrected chi connectivity index (χ1v) is 15.6. The summed E-state index contributed by atoms with van der Waals surface area (Å²) in [4.78, 5) is 28.7. The number of nitrogens with zero attached hydrogens (tertiary/aromatic N) is 2. The van der Waals surface area contributed by atoms with Gasteiger partial charge in [-0.25, -0.2) is 8.42 Å². The average Bonchev–Trinajstić information content (AvgIpc) is 2.99. The van der Waals surface area contributed by atoms with Crippen molar-refractivity contribution in [2.45, 2.75) is 44.2 Å². The average molecular weight is 637 g/mol. The summed E-state index contributed by atoms with van der Waals surface area (Å²) in [6.07, 6.45) is 0.970. The Labute approximate surface area is 257 Å². The summed E-state index contributed by atoms with van der Waals surface area (Å²) in [5.74, 6) is -0.276. The van der Waals surface area contributed by atoms with Gasteiger partial charge in [-0.1, -0.05) is 55.2 Å². The van der Waals surface area contributed by atoms with Crippen LogP contribution in [-0.4, -0.2) is 58.5 Å². The van der Waals surface area contributed by atoms with Crippen molar-refractivity contribution >= 4 is 50.7 Å². The number of methoxy groups -OCH3 is 2. The van der Waals surface area contributed by atoms with Gasteiger partial charge in [0.05, 0.1) is 24.8 Å². The molecule has 0 bridgehead atoms. The normalized spacial score (nSPS) is 11.9. The molecule has 226 valence electrons. The molecule has 0 saturated carbocycles. The Morgan fingerprint density at radius 2 is 1.55 bits per heavy atom. The van der Waals surface area contributed by atoms with E-state index in [1.807, 2.05) is 6.92 Å². The van der Waals surface area contributed by atoms with E-state index < -0.39 is 28.5 Å². The van der Waals surface area contributed by atoms with E-state index in [0.29, 0.717) is 34.3 Å². The van der Waals surface area contributed by atoms with Crippen LogP contribution in [0.1, 0.15) is 32.3 Å². The summed E-state index contributed by atoms with van der Waals surface area (Å²) >= 11 is 12.9. The van der Waals surface area contributed by atoms with Crippen LogP contribution in [0.3, 0.4) is 0 Å². The fraction of sp³-hybridized carbons (Fsp3) is 0.333. The zero-order chi connectivity index (χ0) is 30.9. The predicted octanol–water partition coefficient (Wildman–Crippen LogP) is 5.54. The van der Waals surface area contributed by atoms with Gasteiger partial charge in [0.2, 0.25) is 11.8 Å². The third kappa shape index (κ3) is 7.67. The number of rotatable bonds is 14. The number of hydrogen-bond acceptors (Lipinski definition) is 6. The number of anilines is 1. The van der Waals surface area contributed by atoms with Crippen LogP contribution in [0.25, 0.3) is 0 Å². The number of carbonyl (C=O) groups excluding carboxylic acids is 2. The molecule has 0 saturated heterocycles. The molecule has 9 nitrogen and oxygen atoms in total. The van der Waals surface area contributed by atoms with E-state index in [9.17, 15) is 18.0 Å². The zero-order valence-electron chi connectivity index (χ0n) is 24.0. The molecule has 0 heterocycles. The fourth-order valence-corrected chi connectivity index (χ4v) is 6.30. The molecule has 42 heavy (non-hydrogen) atoms. The quantitative estimate of drug-likeness (QED) is 0.249. The number of benzene rings is 3. The predicted molar refractivity (Wildman–Crippen MR) is 165 cm³/mol. The molecule has 0 aromatic heterocycles. The second kappa shape index (κ2) is 15.1. The van der Waals surface area contributed by atoms with Gasteiger partial charge in [-0.15, -0.1) is 0 Å². The largest absolute Gasteiger partial charge is 0.497 e. The first-order chi connectivity index (χ1) is 20.1. The van der Waals surface area contributed by atoms with E-state index in [2.05, 4.69) is 5.32 Å². The van der Waals surface area contributed by atoms with Gasteiger partial charge in [-0.3, -0.25) is 13.9 Å². The molecule has 3 aromatic rings. The topological polar surface area (TPSA) is 105 Å². The highest BCUT2D eigenvalue weighted by molar-refractivity contribution is 7.92. The van der Waals surface area contributed by atoms with E-state index in [0.717, 1.165) is 4.31 Å². The highest BCUT2D eigenvalue weighted by Crippen LogP contribution is 2.33. The van der Waals surface area contributed by atoms with Crippen LogP contribution >= 0.6 is 23.2 Å². The van der Waals surface area contributed by atoms with Gasteiger partial charge in [0.25, 0.3) is 10.0 Å². The smallest absolute Gasteiger partial charge is 0.264 e. The number of hydrogen-bond donors (Lipinski definition) is 1. The van der Waals surface area contributed by atoms with E-state index in [4.69, 9.17) is 32.7 Å². The molecule has 2 amide bonds. The van der Waals surface area contributed by atoms with Crippen molar-refractivity contribution in [3.05, 3.63) is 82.3 Å². The lowest BCUT2D eigenvalue weighted by molar-refractivity contribution is -0.140. The number of carbonyl (C=O) groups is 2. The van der Waals surface area contributed by atoms with Gasteiger partial charge in [0.15, 0.2) is 0 Å². The van der Waals surface area contributed by atoms with Crippen molar-refractivity contribution in [1.82, 2.24) is 10.2 Å². The van der Waals surface area contributed by atoms with Gasteiger partial charge in [-0.2, -0.15) is 0 Å². The van der Waals surface area contributed by atoms with Crippen LogP contribution in [0.5, 0.6) is 11.5 Å². The SMILES string of the molecule is CCCNC(=O)C(CC)N(Cc1c(Cl)cccc1Cl)C(=O)CN(c1ccccc1OC)S(=O)(=O)c1ccc(OC)cc1. The van der Waals surface area contributed by atoms with E-state index >= 15 is 0 Å². The monoisotopic (exact) mass is 635 g/mol. The molecule has 0 aliphatic rings. The second-order valence-electron chi connectivity index (χ2n) is 9.30. The molecule has 0 aliphatic carbocycles. The van der Waals surface area contributed by atoms with Crippen LogP contribution in [-0.2, 0) is 26.2 Å². The Morgan fingerprint density at radius 1 is 0.905 bits per heavy atom. The molecule has 0 fully saturated rings. The van der Waals surface area contributed by atoms with E-state index in [1.54, 1.807) is 49.4 Å². The molecular weight excluding hydrogens is 601 g/mol. The minimum Gasteiger partial charge on any atom is -0.497 e. The minimum absolute atomic E-state index is 0.0598. The summed E-state index contributed by atoms with van der Waals surface area (Å²) in [5.41, 5.74) is 0.598. The van der Waals surface area contributed by atoms with Crippen LogP contribution in [0.4, 0.5) is 5.69 Å². The molecular formula is C30H35Cl2N3O6S. The van der Waals surface area contributed by atoms with Crippen LogP contribution in [0.2, 0.25) is 10.0 Å². The highest BCUT2D eigenvalue weighted by Gasteiger charge is 2.35. The van der Waals surface area contributed by atoms with Crippen molar-refractivity contribution in [2.75, 3.05) is 31.6 Å². The van der Waals surface area contributed by atoms with Gasteiger partial charge >= 0.3 is 0 Å². The third-order valence-electron chi connectivity index (χ3n) is 6.61. The first kappa shape index (κ1) is 33.0. The number of sulfonamides is 1. The zero-order valence-corrected chi connectivity index (χ0v) is 26.3. The molecule has 0 radical (unpaired) electrons. The number of nitrogens with one attached hydrogen (secondary N) is 1. The lowest BCUT2D eigenvalue weighted by atomic mass is 10.1. The van der Waals surface area contributed by atoms with Gasteiger partial charge in [-0.05, 0) is 61.4 Å². The van der Waals surface area contributed by atoms with Gasteiger partial charge in [0, 0.05) is 28.7 Å². The molecule has 1 atom stereocenters.